The molecule has 2 N–H and O–H groups in total. The number of nitrogens with zero attached hydrogens (tertiary/aromatic N) is 4. The summed E-state index contributed by atoms with van der Waals surface area (Å²) in [4.78, 5) is 14.0. The first-order valence-corrected chi connectivity index (χ1v) is 5.20. The van der Waals surface area contributed by atoms with Gasteiger partial charge in [0.1, 0.15) is 5.82 Å². The van der Waals surface area contributed by atoms with Crippen molar-refractivity contribution >= 4 is 11.5 Å². The maximum Gasteiger partial charge on any atom is 0.278 e. The molecular weight excluding hydrogens is 238 g/mol. The smallest absolute Gasteiger partial charge is 0.278 e. The van der Waals surface area contributed by atoms with Gasteiger partial charge in [-0.15, -0.1) is 0 Å². The Hall–Kier alpha value is -2.64. The number of nitrogen functional groups attached to an aromatic ring is 1. The van der Waals surface area contributed by atoms with Crippen LogP contribution < -0.4 is 10.5 Å². The van der Waals surface area contributed by atoms with Gasteiger partial charge in [-0.05, 0) is 6.92 Å². The predicted octanol–water partition coefficient (Wildman–Crippen LogP) is 1.58. The number of nitro groups is 1. The van der Waals surface area contributed by atoms with E-state index in [9.17, 15) is 10.1 Å². The fraction of sp³-hybridized carbons (Fsp3) is 0.200. The Bertz CT molecular complexity index is 581. The van der Waals surface area contributed by atoms with Crippen molar-refractivity contribution in [1.82, 2.24) is 14.8 Å². The monoisotopic (exact) mass is 249 g/mol. The van der Waals surface area contributed by atoms with Gasteiger partial charge in [-0.2, -0.15) is 10.1 Å². The van der Waals surface area contributed by atoms with Gasteiger partial charge in [0.05, 0.1) is 29.4 Å². The van der Waals surface area contributed by atoms with E-state index in [0.29, 0.717) is 12.3 Å². The average molecular weight is 249 g/mol. The summed E-state index contributed by atoms with van der Waals surface area (Å²) in [6.07, 6.45) is 3.16. The highest BCUT2D eigenvalue weighted by atomic mass is 16.6. The largest absolute Gasteiger partial charge is 0.435 e. The van der Waals surface area contributed by atoms with Crippen molar-refractivity contribution in [1.29, 1.82) is 0 Å². The number of anilines is 1. The lowest BCUT2D eigenvalue weighted by Gasteiger charge is -2.02. The van der Waals surface area contributed by atoms with Gasteiger partial charge in [0.2, 0.25) is 5.88 Å². The van der Waals surface area contributed by atoms with Crippen LogP contribution in [-0.2, 0) is 6.54 Å². The SMILES string of the molecule is CCn1cc(Oc2cc([N+](=O)[O-])cc(N)n2)cn1. The molecule has 0 amide bonds. The topological polar surface area (TPSA) is 109 Å². The number of hydrogen-bond donors (Lipinski definition) is 1. The molecular formula is C10H11N5O3. The second kappa shape index (κ2) is 4.70. The Morgan fingerprint density at radius 3 is 2.94 bits per heavy atom. The minimum atomic E-state index is -0.555. The Balaban J connectivity index is 2.25. The Morgan fingerprint density at radius 2 is 2.33 bits per heavy atom. The Kier molecular flexibility index (Phi) is 3.09. The van der Waals surface area contributed by atoms with Crippen LogP contribution in [0.2, 0.25) is 0 Å². The normalized spacial score (nSPS) is 10.3. The molecule has 94 valence electrons. The first kappa shape index (κ1) is 11.8. The van der Waals surface area contributed by atoms with E-state index in [-0.39, 0.29) is 17.4 Å². The molecule has 0 saturated carbocycles. The van der Waals surface area contributed by atoms with E-state index >= 15 is 0 Å². The first-order chi connectivity index (χ1) is 8.58. The van der Waals surface area contributed by atoms with Crippen LogP contribution in [0.5, 0.6) is 11.6 Å². The second-order valence-corrected chi connectivity index (χ2v) is 3.48. The lowest BCUT2D eigenvalue weighted by Crippen LogP contribution is -1.97. The zero-order chi connectivity index (χ0) is 13.1. The van der Waals surface area contributed by atoms with Crippen molar-refractivity contribution in [2.75, 3.05) is 5.73 Å². The van der Waals surface area contributed by atoms with Gasteiger partial charge in [-0.1, -0.05) is 0 Å². The molecule has 0 unspecified atom stereocenters. The van der Waals surface area contributed by atoms with E-state index in [1.165, 1.54) is 18.3 Å². The van der Waals surface area contributed by atoms with Gasteiger partial charge in [0.15, 0.2) is 5.75 Å². The first-order valence-electron chi connectivity index (χ1n) is 5.20. The molecule has 8 nitrogen and oxygen atoms in total. The summed E-state index contributed by atoms with van der Waals surface area (Å²) in [5.74, 6) is 0.545. The lowest BCUT2D eigenvalue weighted by molar-refractivity contribution is -0.384. The number of pyridine rings is 1. The number of nitrogens with two attached hydrogens (primary N) is 1. The zero-order valence-electron chi connectivity index (χ0n) is 9.61. The number of rotatable bonds is 4. The molecule has 0 aromatic carbocycles. The Labute approximate surface area is 102 Å². The van der Waals surface area contributed by atoms with Crippen LogP contribution in [0.1, 0.15) is 6.92 Å². The summed E-state index contributed by atoms with van der Waals surface area (Å²) in [7, 11) is 0. The molecule has 0 spiro atoms. The van der Waals surface area contributed by atoms with Crippen LogP contribution in [-0.4, -0.2) is 19.7 Å². The summed E-state index contributed by atoms with van der Waals surface area (Å²) < 4.78 is 7.02. The maximum atomic E-state index is 10.7. The van der Waals surface area contributed by atoms with E-state index in [4.69, 9.17) is 10.5 Å². The molecule has 0 aliphatic carbocycles. The number of aryl methyl sites for hydroxylation is 1. The summed E-state index contributed by atoms with van der Waals surface area (Å²) in [6, 6.07) is 2.38. The van der Waals surface area contributed by atoms with Crippen molar-refractivity contribution in [3.05, 3.63) is 34.6 Å². The molecule has 0 saturated heterocycles. The minimum Gasteiger partial charge on any atom is -0.435 e. The number of ether oxygens (including phenoxy) is 1. The molecule has 8 heteroatoms. The summed E-state index contributed by atoms with van der Waals surface area (Å²) in [6.45, 7) is 2.63. The highest BCUT2D eigenvalue weighted by Gasteiger charge is 2.11. The molecule has 2 heterocycles. The third-order valence-electron chi connectivity index (χ3n) is 2.17. The van der Waals surface area contributed by atoms with Crippen LogP contribution in [0.4, 0.5) is 11.5 Å². The van der Waals surface area contributed by atoms with Crippen LogP contribution in [0.25, 0.3) is 0 Å². The van der Waals surface area contributed by atoms with Gasteiger partial charge in [0.25, 0.3) is 5.69 Å². The van der Waals surface area contributed by atoms with Crippen LogP contribution in [0, 0.1) is 10.1 Å². The third kappa shape index (κ3) is 2.54. The quantitative estimate of drug-likeness (QED) is 0.650. The predicted molar refractivity (Wildman–Crippen MR) is 63.3 cm³/mol. The molecule has 2 aromatic heterocycles. The minimum absolute atomic E-state index is 0.0297. The van der Waals surface area contributed by atoms with Gasteiger partial charge < -0.3 is 10.5 Å². The molecule has 18 heavy (non-hydrogen) atoms. The van der Waals surface area contributed by atoms with Crippen molar-refractivity contribution in [2.45, 2.75) is 13.5 Å². The maximum absolute atomic E-state index is 10.7. The van der Waals surface area contributed by atoms with Gasteiger partial charge in [-0.25, -0.2) is 0 Å². The zero-order valence-corrected chi connectivity index (χ0v) is 9.61. The second-order valence-electron chi connectivity index (χ2n) is 3.48. The van der Waals surface area contributed by atoms with Crippen molar-refractivity contribution in [3.63, 3.8) is 0 Å². The standard InChI is InChI=1S/C10H11N5O3/c1-2-14-6-8(5-12-14)18-10-4-7(15(16)17)3-9(11)13-10/h3-6H,2H2,1H3,(H2,11,13). The van der Waals surface area contributed by atoms with Gasteiger partial charge in [-0.3, -0.25) is 14.8 Å². The van der Waals surface area contributed by atoms with E-state index in [2.05, 4.69) is 10.1 Å². The summed E-state index contributed by atoms with van der Waals surface area (Å²) >= 11 is 0. The van der Waals surface area contributed by atoms with E-state index in [1.54, 1.807) is 10.9 Å². The van der Waals surface area contributed by atoms with E-state index < -0.39 is 4.92 Å². The number of aromatic nitrogens is 3. The molecule has 0 bridgehead atoms. The third-order valence-corrected chi connectivity index (χ3v) is 2.17. The molecule has 0 aliphatic heterocycles. The van der Waals surface area contributed by atoms with E-state index in [1.807, 2.05) is 6.92 Å². The Morgan fingerprint density at radius 1 is 1.56 bits per heavy atom. The molecule has 0 atom stereocenters. The van der Waals surface area contributed by atoms with Gasteiger partial charge >= 0.3 is 0 Å². The molecule has 0 radical (unpaired) electrons. The highest BCUT2D eigenvalue weighted by molar-refractivity contribution is 5.46. The molecule has 0 fully saturated rings. The van der Waals surface area contributed by atoms with E-state index in [0.717, 1.165) is 0 Å². The fourth-order valence-electron chi connectivity index (χ4n) is 1.36. The van der Waals surface area contributed by atoms with Gasteiger partial charge in [0, 0.05) is 6.54 Å². The average Bonchev–Trinajstić information content (AvgIpc) is 2.76. The molecule has 2 rings (SSSR count). The number of hydrogen-bond acceptors (Lipinski definition) is 6. The van der Waals surface area contributed by atoms with Crippen LogP contribution >= 0.6 is 0 Å². The van der Waals surface area contributed by atoms with Crippen LogP contribution in [0.15, 0.2) is 24.5 Å². The molecule has 0 aliphatic rings. The lowest BCUT2D eigenvalue weighted by atomic mass is 10.4. The highest BCUT2D eigenvalue weighted by Crippen LogP contribution is 2.24. The summed E-state index contributed by atoms with van der Waals surface area (Å²) in [5.41, 5.74) is 5.30. The molecule has 2 aromatic rings. The van der Waals surface area contributed by atoms with Crippen molar-refractivity contribution in [3.8, 4) is 11.6 Å². The fourth-order valence-corrected chi connectivity index (χ4v) is 1.36. The van der Waals surface area contributed by atoms with Crippen molar-refractivity contribution < 1.29 is 9.66 Å². The van der Waals surface area contributed by atoms with Crippen LogP contribution in [0.3, 0.4) is 0 Å². The summed E-state index contributed by atoms with van der Waals surface area (Å²) in [5, 5.41) is 14.7. The van der Waals surface area contributed by atoms with Crippen molar-refractivity contribution in [2.24, 2.45) is 0 Å².